The van der Waals surface area contributed by atoms with Crippen molar-refractivity contribution in [3.8, 4) is 0 Å². The Kier molecular flexibility index (Phi) is 4.88. The summed E-state index contributed by atoms with van der Waals surface area (Å²) in [5, 5.41) is 9.43. The molecule has 1 aliphatic rings. The second-order valence-electron chi connectivity index (χ2n) is 7.95. The van der Waals surface area contributed by atoms with Gasteiger partial charge in [0.2, 0.25) is 0 Å². The lowest BCUT2D eigenvalue weighted by Gasteiger charge is -2.43. The molecule has 1 N–H and O–H groups in total. The van der Waals surface area contributed by atoms with Crippen molar-refractivity contribution in [2.45, 2.75) is 43.6 Å². The first-order chi connectivity index (χ1) is 13.0. The highest BCUT2D eigenvalue weighted by Crippen LogP contribution is 2.52. The lowest BCUT2D eigenvalue weighted by molar-refractivity contribution is 0.282. The molecule has 2 atom stereocenters. The van der Waals surface area contributed by atoms with Gasteiger partial charge in [-0.3, -0.25) is 0 Å². The zero-order chi connectivity index (χ0) is 19.0. The lowest BCUT2D eigenvalue weighted by Crippen LogP contribution is -2.36. The van der Waals surface area contributed by atoms with E-state index in [-0.39, 0.29) is 12.0 Å². The molecule has 0 radical (unpaired) electrons. The van der Waals surface area contributed by atoms with Crippen molar-refractivity contribution >= 4 is 11.8 Å². The molecule has 3 aromatic rings. The van der Waals surface area contributed by atoms with Crippen molar-refractivity contribution in [2.75, 3.05) is 5.75 Å². The molecule has 1 aliphatic heterocycles. The summed E-state index contributed by atoms with van der Waals surface area (Å²) in [4.78, 5) is 1.40. The summed E-state index contributed by atoms with van der Waals surface area (Å²) in [6.45, 7) is 6.80. The van der Waals surface area contributed by atoms with Gasteiger partial charge in [-0.2, -0.15) is 0 Å². The Morgan fingerprint density at radius 1 is 0.926 bits per heavy atom. The Morgan fingerprint density at radius 3 is 2.26 bits per heavy atom. The van der Waals surface area contributed by atoms with Crippen LogP contribution < -0.4 is 0 Å². The molecule has 2 heteroatoms. The number of rotatable bonds is 3. The molecule has 0 unspecified atom stereocenters. The maximum absolute atomic E-state index is 9.43. The molecule has 0 spiro atoms. The maximum atomic E-state index is 9.43. The fourth-order valence-electron chi connectivity index (χ4n) is 4.21. The third-order valence-electron chi connectivity index (χ3n) is 5.85. The van der Waals surface area contributed by atoms with E-state index in [0.29, 0.717) is 5.92 Å². The molecule has 0 saturated carbocycles. The van der Waals surface area contributed by atoms with E-state index >= 15 is 0 Å². The highest BCUT2D eigenvalue weighted by atomic mass is 32.2. The Morgan fingerprint density at radius 2 is 1.59 bits per heavy atom. The molecule has 1 heterocycles. The average molecular weight is 375 g/mol. The highest BCUT2D eigenvalue weighted by Gasteiger charge is 2.42. The molecule has 0 amide bonds. The van der Waals surface area contributed by atoms with Gasteiger partial charge in [-0.05, 0) is 47.7 Å². The first-order valence-electron chi connectivity index (χ1n) is 9.51. The lowest BCUT2D eigenvalue weighted by atomic mass is 9.66. The summed E-state index contributed by atoms with van der Waals surface area (Å²) in [5.41, 5.74) is 7.72. The van der Waals surface area contributed by atoms with Crippen molar-refractivity contribution in [3.63, 3.8) is 0 Å². The van der Waals surface area contributed by atoms with E-state index < -0.39 is 0 Å². The molecule has 0 saturated heterocycles. The minimum atomic E-state index is 0.0152. The monoisotopic (exact) mass is 374 g/mol. The predicted octanol–water partition coefficient (Wildman–Crippen LogP) is 5.99. The third kappa shape index (κ3) is 3.33. The number of hydrogen-bond donors (Lipinski definition) is 1. The molecule has 27 heavy (non-hydrogen) atoms. The molecular formula is C25H26OS. The number of thioether (sulfide) groups is 1. The van der Waals surface area contributed by atoms with Gasteiger partial charge in [0.25, 0.3) is 0 Å². The number of hydrogen-bond acceptors (Lipinski definition) is 2. The van der Waals surface area contributed by atoms with Crippen molar-refractivity contribution in [1.82, 2.24) is 0 Å². The third-order valence-corrected chi connectivity index (χ3v) is 7.26. The fourth-order valence-corrected chi connectivity index (χ4v) is 5.62. The molecule has 0 aromatic heterocycles. The Balaban J connectivity index is 1.89. The average Bonchev–Trinajstić information content (AvgIpc) is 2.69. The Labute approximate surface area is 166 Å². The van der Waals surface area contributed by atoms with E-state index in [1.54, 1.807) is 0 Å². The normalized spacial score (nSPS) is 21.7. The van der Waals surface area contributed by atoms with Crippen molar-refractivity contribution in [1.29, 1.82) is 0 Å². The van der Waals surface area contributed by atoms with Crippen LogP contribution in [0.2, 0.25) is 0 Å². The minimum Gasteiger partial charge on any atom is -0.392 e. The summed E-state index contributed by atoms with van der Waals surface area (Å²) in [6.07, 6.45) is 0. The van der Waals surface area contributed by atoms with E-state index in [9.17, 15) is 5.11 Å². The van der Waals surface area contributed by atoms with Crippen LogP contribution in [0.15, 0.2) is 71.6 Å². The van der Waals surface area contributed by atoms with Gasteiger partial charge in [-0.25, -0.2) is 0 Å². The van der Waals surface area contributed by atoms with Crippen molar-refractivity contribution in [3.05, 3.63) is 100 Å². The second kappa shape index (κ2) is 7.18. The van der Waals surface area contributed by atoms with Gasteiger partial charge in [-0.1, -0.05) is 73.2 Å². The van der Waals surface area contributed by atoms with E-state index in [1.165, 1.54) is 32.7 Å². The first kappa shape index (κ1) is 18.3. The van der Waals surface area contributed by atoms with Gasteiger partial charge in [-0.15, -0.1) is 11.8 Å². The Bertz CT molecular complexity index is 943. The van der Waals surface area contributed by atoms with Crippen LogP contribution in [0.4, 0.5) is 0 Å². The number of fused-ring (bicyclic) bond motifs is 1. The minimum absolute atomic E-state index is 0.0152. The van der Waals surface area contributed by atoms with Gasteiger partial charge < -0.3 is 5.11 Å². The van der Waals surface area contributed by atoms with E-state index in [0.717, 1.165) is 11.3 Å². The quantitative estimate of drug-likeness (QED) is 0.607. The number of aryl methyl sites for hydroxylation is 2. The smallest absolute Gasteiger partial charge is 0.0681 e. The molecular weight excluding hydrogens is 348 g/mol. The van der Waals surface area contributed by atoms with E-state index in [2.05, 4.69) is 87.5 Å². The second-order valence-corrected chi connectivity index (χ2v) is 8.96. The summed E-state index contributed by atoms with van der Waals surface area (Å²) in [6, 6.07) is 24.4. The van der Waals surface area contributed by atoms with Crippen LogP contribution in [0, 0.1) is 13.8 Å². The summed E-state index contributed by atoms with van der Waals surface area (Å²) < 4.78 is 0. The standard InChI is InChI=1S/C25H26OS/c1-17-4-11-21(12-5-17)25(3)16-27-23-14-18(2)6-13-22(23)24(25)20-9-7-19(15-26)8-10-20/h4-14,24,26H,15-16H2,1-3H3/t24-,25-/m1/s1. The van der Waals surface area contributed by atoms with Crippen LogP contribution in [-0.2, 0) is 12.0 Å². The van der Waals surface area contributed by atoms with Crippen LogP contribution in [0.25, 0.3) is 0 Å². The largest absolute Gasteiger partial charge is 0.392 e. The molecule has 0 bridgehead atoms. The van der Waals surface area contributed by atoms with E-state index in [4.69, 9.17) is 0 Å². The summed E-state index contributed by atoms with van der Waals surface area (Å²) in [7, 11) is 0. The Hall–Kier alpha value is -2.03. The summed E-state index contributed by atoms with van der Waals surface area (Å²) >= 11 is 1.97. The van der Waals surface area contributed by atoms with Crippen LogP contribution in [0.3, 0.4) is 0 Å². The van der Waals surface area contributed by atoms with Gasteiger partial charge in [0.1, 0.15) is 0 Å². The zero-order valence-corrected chi connectivity index (χ0v) is 17.0. The number of aliphatic hydroxyl groups is 1. The fraction of sp³-hybridized carbons (Fsp3) is 0.280. The van der Waals surface area contributed by atoms with Crippen LogP contribution in [0.5, 0.6) is 0 Å². The molecule has 1 nitrogen and oxygen atoms in total. The van der Waals surface area contributed by atoms with E-state index in [1.807, 2.05) is 11.8 Å². The topological polar surface area (TPSA) is 20.2 Å². The number of aliphatic hydroxyl groups excluding tert-OH is 1. The van der Waals surface area contributed by atoms with Gasteiger partial charge >= 0.3 is 0 Å². The molecule has 3 aromatic carbocycles. The molecule has 0 aliphatic carbocycles. The van der Waals surface area contributed by atoms with Crippen molar-refractivity contribution < 1.29 is 5.11 Å². The highest BCUT2D eigenvalue weighted by molar-refractivity contribution is 7.99. The number of benzene rings is 3. The predicted molar refractivity (Wildman–Crippen MR) is 115 cm³/mol. The van der Waals surface area contributed by atoms with Crippen LogP contribution >= 0.6 is 11.8 Å². The van der Waals surface area contributed by atoms with Gasteiger partial charge in [0.15, 0.2) is 0 Å². The summed E-state index contributed by atoms with van der Waals surface area (Å²) in [5.74, 6) is 1.35. The molecule has 4 rings (SSSR count). The SMILES string of the molecule is Cc1ccc([C@@]2(C)CSc3cc(C)ccc3[C@H]2c2ccc(CO)cc2)cc1. The first-order valence-corrected chi connectivity index (χ1v) is 10.5. The van der Waals surface area contributed by atoms with Gasteiger partial charge in [0, 0.05) is 22.0 Å². The maximum Gasteiger partial charge on any atom is 0.0681 e. The van der Waals surface area contributed by atoms with Gasteiger partial charge in [0.05, 0.1) is 6.61 Å². The van der Waals surface area contributed by atoms with Crippen LogP contribution in [-0.4, -0.2) is 10.9 Å². The van der Waals surface area contributed by atoms with Crippen LogP contribution in [0.1, 0.15) is 46.2 Å². The van der Waals surface area contributed by atoms with Crippen molar-refractivity contribution in [2.24, 2.45) is 0 Å². The zero-order valence-electron chi connectivity index (χ0n) is 16.2. The molecule has 138 valence electrons. The molecule has 0 fully saturated rings.